The zero-order chi connectivity index (χ0) is 30.3. The number of hydrogen-bond acceptors (Lipinski definition) is 2. The van der Waals surface area contributed by atoms with Crippen molar-refractivity contribution in [3.8, 4) is 0 Å². The van der Waals surface area contributed by atoms with Gasteiger partial charge in [0.1, 0.15) is 0 Å². The van der Waals surface area contributed by atoms with Crippen LogP contribution in [-0.4, -0.2) is 5.71 Å². The van der Waals surface area contributed by atoms with Gasteiger partial charge in [0, 0.05) is 16.7 Å². The lowest BCUT2D eigenvalue weighted by Gasteiger charge is -2.33. The second-order valence-corrected chi connectivity index (χ2v) is 15.9. The molecular formula is C47H15NO. The molecule has 0 saturated carbocycles. The van der Waals surface area contributed by atoms with Gasteiger partial charge >= 0.3 is 0 Å². The first-order valence-corrected chi connectivity index (χ1v) is 17.6. The molecule has 1 aliphatic heterocycles. The fraction of sp³-hybridized carbons (Fsp3) is 0.0426. The van der Waals surface area contributed by atoms with Gasteiger partial charge in [-0.2, -0.15) is 0 Å². The first-order chi connectivity index (χ1) is 24.4. The Morgan fingerprint density at radius 2 is 0.857 bits per heavy atom. The summed E-state index contributed by atoms with van der Waals surface area (Å²) in [6.45, 7) is 0. The molecule has 2 heteroatoms. The lowest BCUT2D eigenvalue weighted by Crippen LogP contribution is -2.39. The van der Waals surface area contributed by atoms with Crippen molar-refractivity contribution < 1.29 is 4.84 Å². The Hall–Kier alpha value is -6.25. The van der Waals surface area contributed by atoms with Gasteiger partial charge in [0.15, 0.2) is 0 Å². The minimum Gasteiger partial charge on any atom is -0.378 e. The third-order valence-corrected chi connectivity index (χ3v) is 14.7. The zero-order valence-corrected chi connectivity index (χ0v) is 25.5. The van der Waals surface area contributed by atoms with Crippen LogP contribution in [0.3, 0.4) is 0 Å². The van der Waals surface area contributed by atoms with Crippen molar-refractivity contribution in [3.63, 3.8) is 0 Å². The van der Waals surface area contributed by atoms with E-state index < -0.39 is 5.60 Å². The van der Waals surface area contributed by atoms with Crippen molar-refractivity contribution in [2.45, 2.75) is 5.60 Å². The number of benzene rings is 10. The van der Waals surface area contributed by atoms with Crippen molar-refractivity contribution in [1.82, 2.24) is 0 Å². The molecule has 15 aromatic carbocycles. The molecular weight excluding hydrogens is 595 g/mol. The van der Waals surface area contributed by atoms with Crippen LogP contribution in [0.25, 0.3) is 146 Å². The predicted molar refractivity (Wildman–Crippen MR) is 204 cm³/mol. The van der Waals surface area contributed by atoms with Crippen LogP contribution in [0.5, 0.6) is 0 Å². The Labute approximate surface area is 273 Å². The average molecular weight is 610 g/mol. The van der Waals surface area contributed by atoms with Crippen molar-refractivity contribution in [2.75, 3.05) is 0 Å². The number of oxime groups is 1. The molecule has 0 saturated heterocycles. The molecule has 0 amide bonds. The summed E-state index contributed by atoms with van der Waals surface area (Å²) < 4.78 is 0. The summed E-state index contributed by atoms with van der Waals surface area (Å²) in [4.78, 5) is 7.11. The fourth-order valence-corrected chi connectivity index (χ4v) is 13.5. The number of hydrogen-bond donors (Lipinski definition) is 0. The molecule has 0 fully saturated rings. The lowest BCUT2D eigenvalue weighted by molar-refractivity contribution is 0.00165. The monoisotopic (exact) mass is 609 g/mol. The van der Waals surface area contributed by atoms with Crippen LogP contribution in [0, 0.1) is 5.92 Å². The fourth-order valence-electron chi connectivity index (χ4n) is 13.5. The molecule has 1 spiro atoms. The number of nitrogens with zero attached hydrogens (tertiary/aromatic N) is 1. The van der Waals surface area contributed by atoms with Crippen molar-refractivity contribution in [1.29, 1.82) is 0 Å². The highest BCUT2D eigenvalue weighted by Gasteiger charge is 2.59. The summed E-state index contributed by atoms with van der Waals surface area (Å²) in [6, 6.07) is 30.3. The highest BCUT2D eigenvalue weighted by atomic mass is 16.7. The maximum Gasteiger partial charge on any atom is 0.201 e. The Morgan fingerprint density at radius 1 is 0.408 bits per heavy atom. The van der Waals surface area contributed by atoms with E-state index in [2.05, 4.69) is 84.9 Å². The van der Waals surface area contributed by atoms with Crippen LogP contribution in [-0.2, 0) is 10.4 Å². The summed E-state index contributed by atoms with van der Waals surface area (Å²) in [5.41, 5.74) is 4.19. The molecule has 3 aliphatic rings. The molecule has 1 heterocycles. The molecule has 18 rings (SSSR count). The largest absolute Gasteiger partial charge is 0.378 e. The first kappa shape index (κ1) is 20.9. The third kappa shape index (κ3) is 1.50. The van der Waals surface area contributed by atoms with Gasteiger partial charge in [-0.3, -0.25) is 0 Å². The molecule has 0 bridgehead atoms. The third-order valence-electron chi connectivity index (χ3n) is 14.7. The summed E-state index contributed by atoms with van der Waals surface area (Å²) in [6.07, 6.45) is 2.57. The Morgan fingerprint density at radius 3 is 1.45 bits per heavy atom. The van der Waals surface area contributed by atoms with Gasteiger partial charge in [-0.15, -0.1) is 0 Å². The standard InChI is InChI=1S/C47H15NO/c1-2-4-15(5-3-1)46-25-14-23-22-11-10-19-18-7-6-16-17-8-9-20-21-12-13-24-34-32(21)37-29(20)28(17)35-26(16)27(18)36-30(19)31(22)38-33(23)45(47(24,25)49-48-46)44(34)43-41(37)39(35)40(36)42(38)43/h1-14,25H/t25?,47-/m0/s1. The summed E-state index contributed by atoms with van der Waals surface area (Å²) in [5.74, 6) is -0.0283. The van der Waals surface area contributed by atoms with Gasteiger partial charge in [-0.05, 0) is 145 Å². The number of rotatable bonds is 1. The van der Waals surface area contributed by atoms with Crippen LogP contribution in [0.2, 0.25) is 0 Å². The molecule has 0 radical (unpaired) electrons. The van der Waals surface area contributed by atoms with E-state index in [1.54, 1.807) is 0 Å². The van der Waals surface area contributed by atoms with E-state index in [9.17, 15) is 0 Å². The Balaban J connectivity index is 1.30. The SMILES string of the molecule is C1=c2c3ccc4c5ccc6c7ccc8c9ccc%10c%11c%12c(c2c2c3c4c3c5c6c4c7c8c(c9%11)c5c%12c2c3c45)[C@]%102ON=C(c3ccccc3)C12. The van der Waals surface area contributed by atoms with E-state index in [0.29, 0.717) is 0 Å². The Kier molecular flexibility index (Phi) is 2.36. The van der Waals surface area contributed by atoms with Gasteiger partial charge in [0.25, 0.3) is 0 Å². The van der Waals surface area contributed by atoms with E-state index in [4.69, 9.17) is 9.99 Å². The number of fused-ring (bicyclic) bond motifs is 4. The molecule has 2 aliphatic carbocycles. The van der Waals surface area contributed by atoms with E-state index in [1.807, 2.05) is 0 Å². The zero-order valence-electron chi connectivity index (χ0n) is 25.5. The van der Waals surface area contributed by atoms with Crippen LogP contribution >= 0.6 is 0 Å². The minimum absolute atomic E-state index is 0.0283. The highest BCUT2D eigenvalue weighted by molar-refractivity contribution is 6.67. The van der Waals surface area contributed by atoms with Crippen molar-refractivity contribution >= 4 is 152 Å². The smallest absolute Gasteiger partial charge is 0.201 e. The average Bonchev–Trinajstić information content (AvgIpc) is 3.99. The van der Waals surface area contributed by atoms with E-state index in [1.165, 1.54) is 156 Å². The summed E-state index contributed by atoms with van der Waals surface area (Å²) >= 11 is 0. The van der Waals surface area contributed by atoms with Gasteiger partial charge in [0.2, 0.25) is 5.60 Å². The normalized spacial score (nSPS) is 21.0. The maximum absolute atomic E-state index is 7.11. The quantitative estimate of drug-likeness (QED) is 0.170. The van der Waals surface area contributed by atoms with Crippen LogP contribution < -0.4 is 5.22 Å². The minimum atomic E-state index is -0.685. The van der Waals surface area contributed by atoms with Gasteiger partial charge < -0.3 is 4.84 Å². The second-order valence-electron chi connectivity index (χ2n) is 15.9. The van der Waals surface area contributed by atoms with Gasteiger partial charge in [-0.25, -0.2) is 0 Å². The van der Waals surface area contributed by atoms with Crippen LogP contribution in [0.15, 0.2) is 84.0 Å². The first-order valence-electron chi connectivity index (χ1n) is 17.6. The van der Waals surface area contributed by atoms with Gasteiger partial charge in [0.05, 0.1) is 11.6 Å². The second kappa shape index (κ2) is 5.55. The van der Waals surface area contributed by atoms with Crippen molar-refractivity contribution in [2.24, 2.45) is 11.1 Å². The Bertz CT molecular complexity index is 4130. The summed E-state index contributed by atoms with van der Waals surface area (Å²) in [7, 11) is 0. The molecule has 15 aromatic rings. The molecule has 1 unspecified atom stereocenters. The maximum atomic E-state index is 7.11. The predicted octanol–water partition coefficient (Wildman–Crippen LogP) is 11.2. The molecule has 49 heavy (non-hydrogen) atoms. The lowest BCUT2D eigenvalue weighted by atomic mass is 9.71. The highest BCUT2D eigenvalue weighted by Crippen LogP contribution is 2.70. The molecule has 0 N–H and O–H groups in total. The van der Waals surface area contributed by atoms with E-state index in [0.717, 1.165) is 11.3 Å². The molecule has 2 nitrogen and oxygen atoms in total. The van der Waals surface area contributed by atoms with Gasteiger partial charge in [-0.1, -0.05) is 90.1 Å². The topological polar surface area (TPSA) is 21.6 Å². The summed E-state index contributed by atoms with van der Waals surface area (Å²) in [5, 5.41) is 44.6. The van der Waals surface area contributed by atoms with E-state index >= 15 is 0 Å². The molecule has 0 aromatic heterocycles. The van der Waals surface area contributed by atoms with Crippen LogP contribution in [0.1, 0.15) is 16.7 Å². The van der Waals surface area contributed by atoms with Crippen LogP contribution in [0.4, 0.5) is 0 Å². The molecule has 2 atom stereocenters. The van der Waals surface area contributed by atoms with E-state index in [-0.39, 0.29) is 5.92 Å². The molecule has 214 valence electrons. The van der Waals surface area contributed by atoms with Crippen molar-refractivity contribution in [3.05, 3.63) is 101 Å².